The summed E-state index contributed by atoms with van der Waals surface area (Å²) in [7, 11) is 0. The number of hydrogen-bond donors (Lipinski definition) is 1. The normalized spacial score (nSPS) is 18.3. The number of nitrogens with two attached hydrogens (primary N) is 1. The van der Waals surface area contributed by atoms with Gasteiger partial charge in [-0.05, 0) is 95.2 Å². The Balaban J connectivity index is 2.23. The van der Waals surface area contributed by atoms with E-state index in [1.54, 1.807) is 0 Å². The van der Waals surface area contributed by atoms with Gasteiger partial charge in [-0.25, -0.2) is 0 Å². The van der Waals surface area contributed by atoms with Crippen molar-refractivity contribution in [2.24, 2.45) is 17.1 Å². The summed E-state index contributed by atoms with van der Waals surface area (Å²) >= 11 is 0. The van der Waals surface area contributed by atoms with Crippen LogP contribution < -0.4 is 5.73 Å². The lowest BCUT2D eigenvalue weighted by atomic mass is 9.73. The highest BCUT2D eigenvalue weighted by atomic mass is 14.7. The average Bonchev–Trinajstić information content (AvgIpc) is 2.89. The molecule has 3 rings (SSSR count). The maximum Gasteiger partial charge on any atom is 0.0998 e. The Bertz CT molecular complexity index is 1570. The van der Waals surface area contributed by atoms with E-state index in [-0.39, 0.29) is 22.8 Å². The highest BCUT2D eigenvalue weighted by Crippen LogP contribution is 2.39. The molecule has 2 aromatic rings. The minimum atomic E-state index is -0.355. The molecule has 0 bridgehead atoms. The van der Waals surface area contributed by atoms with Crippen molar-refractivity contribution in [3.05, 3.63) is 112 Å². The standard InChI is InChI=1S/C39H46N2/c1-12-14-35(27(5)28-15-13-16-33(21-28)38(6,7)8)36-23-34(39(9,10)11)22-31(37(36)41)20-32(24-40)30-18-26(4)17-29(19-30)25(2)3/h13,15-23,36-37H,2,41H2,1,3-11H3/b32-20+,35-27+. The third kappa shape index (κ3) is 7.47. The van der Waals surface area contributed by atoms with Crippen molar-refractivity contribution in [1.29, 1.82) is 5.26 Å². The van der Waals surface area contributed by atoms with Gasteiger partial charge in [0.25, 0.3) is 0 Å². The minimum Gasteiger partial charge on any atom is -0.323 e. The Morgan fingerprint density at radius 3 is 2.17 bits per heavy atom. The summed E-state index contributed by atoms with van der Waals surface area (Å²) in [5.74, 6) is 6.47. The minimum absolute atomic E-state index is 0.0433. The molecule has 0 aromatic heterocycles. The highest BCUT2D eigenvalue weighted by molar-refractivity contribution is 5.82. The first kappa shape index (κ1) is 31.7. The Kier molecular flexibility index (Phi) is 9.54. The van der Waals surface area contributed by atoms with E-state index >= 15 is 0 Å². The molecule has 2 aromatic carbocycles. The highest BCUT2D eigenvalue weighted by Gasteiger charge is 2.31. The SMILES string of the molecule is C=C(C)c1cc(C)cc(/C(C#N)=C/C2=CC(C(C)(C)C)=CC(/C(C#CC)=C(\C)c3cccc(C(C)(C)C)c3)C2N)c1. The van der Waals surface area contributed by atoms with Crippen LogP contribution in [-0.2, 0) is 5.41 Å². The summed E-state index contributed by atoms with van der Waals surface area (Å²) in [6.45, 7) is 25.5. The van der Waals surface area contributed by atoms with Gasteiger partial charge in [0.15, 0.2) is 0 Å². The first-order valence-corrected chi connectivity index (χ1v) is 14.4. The molecule has 0 aliphatic heterocycles. The second-order valence-corrected chi connectivity index (χ2v) is 13.4. The second kappa shape index (κ2) is 12.3. The molecule has 0 heterocycles. The van der Waals surface area contributed by atoms with Crippen LogP contribution in [0.25, 0.3) is 16.7 Å². The van der Waals surface area contributed by atoms with Crippen molar-refractivity contribution in [2.45, 2.75) is 80.7 Å². The molecule has 41 heavy (non-hydrogen) atoms. The van der Waals surface area contributed by atoms with Crippen molar-refractivity contribution < 1.29 is 0 Å². The van der Waals surface area contributed by atoms with Crippen molar-refractivity contribution in [3.63, 3.8) is 0 Å². The molecule has 2 unspecified atom stereocenters. The summed E-state index contributed by atoms with van der Waals surface area (Å²) in [4.78, 5) is 0. The van der Waals surface area contributed by atoms with Crippen LogP contribution in [0, 0.1) is 41.4 Å². The predicted molar refractivity (Wildman–Crippen MR) is 178 cm³/mol. The van der Waals surface area contributed by atoms with E-state index in [0.29, 0.717) is 5.57 Å². The molecule has 1 aliphatic rings. The largest absolute Gasteiger partial charge is 0.323 e. The number of benzene rings is 2. The number of allylic oxidation sites excluding steroid dienone is 5. The molecule has 1 aliphatic carbocycles. The summed E-state index contributed by atoms with van der Waals surface area (Å²) in [6, 6.07) is 17.0. The predicted octanol–water partition coefficient (Wildman–Crippen LogP) is 9.59. The van der Waals surface area contributed by atoms with E-state index in [9.17, 15) is 5.26 Å². The van der Waals surface area contributed by atoms with Gasteiger partial charge >= 0.3 is 0 Å². The average molecular weight is 543 g/mol. The molecule has 2 atom stereocenters. The van der Waals surface area contributed by atoms with Crippen LogP contribution in [0.2, 0.25) is 0 Å². The number of hydrogen-bond acceptors (Lipinski definition) is 2. The van der Waals surface area contributed by atoms with E-state index in [2.05, 4.69) is 122 Å². The molecular formula is C39H46N2. The van der Waals surface area contributed by atoms with Gasteiger partial charge in [0, 0.05) is 17.5 Å². The topological polar surface area (TPSA) is 49.8 Å². The zero-order valence-electron chi connectivity index (χ0n) is 26.7. The van der Waals surface area contributed by atoms with E-state index in [0.717, 1.165) is 44.5 Å². The van der Waals surface area contributed by atoms with Gasteiger partial charge in [0.2, 0.25) is 0 Å². The third-order valence-corrected chi connectivity index (χ3v) is 7.79. The maximum atomic E-state index is 10.3. The molecule has 2 nitrogen and oxygen atoms in total. The third-order valence-electron chi connectivity index (χ3n) is 7.79. The Hall–Kier alpha value is -3.85. The van der Waals surface area contributed by atoms with E-state index in [1.165, 1.54) is 11.1 Å². The molecular weight excluding hydrogens is 496 g/mol. The fourth-order valence-corrected chi connectivity index (χ4v) is 5.16. The van der Waals surface area contributed by atoms with Crippen LogP contribution in [0.5, 0.6) is 0 Å². The van der Waals surface area contributed by atoms with Crippen LogP contribution in [0.4, 0.5) is 0 Å². The zero-order chi connectivity index (χ0) is 30.7. The first-order valence-electron chi connectivity index (χ1n) is 14.4. The van der Waals surface area contributed by atoms with Crippen molar-refractivity contribution in [3.8, 4) is 17.9 Å². The zero-order valence-corrected chi connectivity index (χ0v) is 26.7. The quantitative estimate of drug-likeness (QED) is 0.302. The van der Waals surface area contributed by atoms with E-state index in [1.807, 2.05) is 32.9 Å². The number of nitrogens with zero attached hydrogens (tertiary/aromatic N) is 1. The van der Waals surface area contributed by atoms with Crippen LogP contribution >= 0.6 is 0 Å². The summed E-state index contributed by atoms with van der Waals surface area (Å²) in [5.41, 5.74) is 18.3. The lowest BCUT2D eigenvalue weighted by Gasteiger charge is -2.33. The Morgan fingerprint density at radius 2 is 1.61 bits per heavy atom. The van der Waals surface area contributed by atoms with Crippen LogP contribution in [-0.4, -0.2) is 6.04 Å². The smallest absolute Gasteiger partial charge is 0.0998 e. The molecule has 0 saturated heterocycles. The van der Waals surface area contributed by atoms with Gasteiger partial charge < -0.3 is 5.73 Å². The van der Waals surface area contributed by atoms with Gasteiger partial charge in [-0.3, -0.25) is 0 Å². The van der Waals surface area contributed by atoms with Crippen LogP contribution in [0.1, 0.15) is 90.1 Å². The summed E-state index contributed by atoms with van der Waals surface area (Å²) in [6.07, 6.45) is 6.43. The Morgan fingerprint density at radius 1 is 0.951 bits per heavy atom. The van der Waals surface area contributed by atoms with Gasteiger partial charge in [0.05, 0.1) is 11.6 Å². The van der Waals surface area contributed by atoms with Gasteiger partial charge in [-0.2, -0.15) is 5.26 Å². The molecule has 0 fully saturated rings. The van der Waals surface area contributed by atoms with Gasteiger partial charge in [0.1, 0.15) is 0 Å². The van der Waals surface area contributed by atoms with E-state index < -0.39 is 0 Å². The fourth-order valence-electron chi connectivity index (χ4n) is 5.16. The number of nitriles is 1. The van der Waals surface area contributed by atoms with Crippen molar-refractivity contribution in [1.82, 2.24) is 0 Å². The van der Waals surface area contributed by atoms with Crippen LogP contribution in [0.15, 0.2) is 84.0 Å². The van der Waals surface area contributed by atoms with Gasteiger partial charge in [-0.1, -0.05) is 108 Å². The summed E-state index contributed by atoms with van der Waals surface area (Å²) in [5, 5.41) is 10.3. The second-order valence-electron chi connectivity index (χ2n) is 13.4. The summed E-state index contributed by atoms with van der Waals surface area (Å²) < 4.78 is 0. The van der Waals surface area contributed by atoms with Gasteiger partial charge in [-0.15, -0.1) is 5.92 Å². The number of rotatable bonds is 5. The molecule has 2 heteroatoms. The van der Waals surface area contributed by atoms with Crippen molar-refractivity contribution in [2.75, 3.05) is 0 Å². The molecule has 0 radical (unpaired) electrons. The van der Waals surface area contributed by atoms with Crippen molar-refractivity contribution >= 4 is 16.7 Å². The molecule has 0 amide bonds. The molecule has 0 saturated carbocycles. The molecule has 0 spiro atoms. The molecule has 212 valence electrons. The van der Waals surface area contributed by atoms with E-state index in [4.69, 9.17) is 5.73 Å². The number of aryl methyl sites for hydroxylation is 1. The lowest BCUT2D eigenvalue weighted by molar-refractivity contribution is 0.498. The fraction of sp³-hybridized carbons (Fsp3) is 0.359. The van der Waals surface area contributed by atoms with Crippen LogP contribution in [0.3, 0.4) is 0 Å². The Labute approximate surface area is 249 Å². The maximum absolute atomic E-state index is 10.3. The lowest BCUT2D eigenvalue weighted by Crippen LogP contribution is -2.35. The molecule has 2 N–H and O–H groups in total. The monoisotopic (exact) mass is 542 g/mol. The first-order chi connectivity index (χ1) is 19.1.